The molecule has 0 saturated heterocycles. The molecule has 23 heavy (non-hydrogen) atoms. The monoisotopic (exact) mass is 336 g/mol. The Kier molecular flexibility index (Phi) is 3.31. The fourth-order valence-corrected chi connectivity index (χ4v) is 6.24. The molecule has 124 valence electrons. The smallest absolute Gasteiger partial charge is 0.281 e. The summed E-state index contributed by atoms with van der Waals surface area (Å²) >= 11 is 0. The Bertz CT molecular complexity index is 719. The average Bonchev–Trinajstić information content (AvgIpc) is 2.45. The number of benzene rings is 1. The van der Waals surface area contributed by atoms with Crippen molar-refractivity contribution < 1.29 is 17.9 Å². The molecular formula is C17H19FNO3S-. The summed E-state index contributed by atoms with van der Waals surface area (Å²) in [6.45, 7) is 0. The molecule has 1 aromatic carbocycles. The molecule has 0 atom stereocenters. The zero-order chi connectivity index (χ0) is 16.2. The normalized spacial score (nSPS) is 36.4. The van der Waals surface area contributed by atoms with Crippen LogP contribution in [0.25, 0.3) is 0 Å². The summed E-state index contributed by atoms with van der Waals surface area (Å²) in [4.78, 5) is -0.128. The molecular weight excluding hydrogens is 317 g/mol. The van der Waals surface area contributed by atoms with Gasteiger partial charge in [-0.1, -0.05) is 0 Å². The summed E-state index contributed by atoms with van der Waals surface area (Å²) < 4.78 is 41.2. The van der Waals surface area contributed by atoms with E-state index in [1.165, 1.54) is 19.3 Å². The molecule has 1 aromatic rings. The fraction of sp³-hybridized carbons (Fsp3) is 0.588. The molecule has 0 unspecified atom stereocenters. The first-order chi connectivity index (χ1) is 10.9. The van der Waals surface area contributed by atoms with Gasteiger partial charge < -0.3 is 5.11 Å². The van der Waals surface area contributed by atoms with Crippen LogP contribution in [0.2, 0.25) is 0 Å². The van der Waals surface area contributed by atoms with Crippen molar-refractivity contribution in [3.63, 3.8) is 0 Å². The maximum Gasteiger partial charge on any atom is 0.281 e. The molecule has 4 fully saturated rings. The van der Waals surface area contributed by atoms with Crippen LogP contribution in [0.5, 0.6) is 0 Å². The van der Waals surface area contributed by atoms with Crippen molar-refractivity contribution >= 4 is 15.9 Å². The Labute approximate surface area is 135 Å². The van der Waals surface area contributed by atoms with Crippen molar-refractivity contribution in [2.75, 3.05) is 0 Å². The fourth-order valence-electron chi connectivity index (χ4n) is 5.24. The van der Waals surface area contributed by atoms with Crippen molar-refractivity contribution in [3.8, 4) is 0 Å². The molecule has 0 amide bonds. The molecule has 4 aliphatic rings. The first-order valence-electron chi connectivity index (χ1n) is 8.14. The summed E-state index contributed by atoms with van der Waals surface area (Å²) in [5, 5.41) is 12.7. The topological polar surface area (TPSA) is 69.6 Å². The van der Waals surface area contributed by atoms with Crippen molar-refractivity contribution in [1.82, 2.24) is 0 Å². The van der Waals surface area contributed by atoms with Crippen LogP contribution in [0.3, 0.4) is 0 Å². The largest absolute Gasteiger partial charge is 0.861 e. The molecule has 0 aliphatic heterocycles. The van der Waals surface area contributed by atoms with E-state index < -0.39 is 27.2 Å². The van der Waals surface area contributed by atoms with Gasteiger partial charge in [-0.2, -0.15) is 12.8 Å². The standard InChI is InChI=1S/C17H20FNO3S/c18-14-1-3-15(4-2-14)23(21,22)19-16(20)17-8-11-5-12(9-17)7-13(6-11)10-17/h1-4,11-13H,5-10H2,(H,19,20)/p-1. The van der Waals surface area contributed by atoms with Gasteiger partial charge in [0.05, 0.1) is 4.90 Å². The summed E-state index contributed by atoms with van der Waals surface area (Å²) in [5.74, 6) is 0.647. The van der Waals surface area contributed by atoms with E-state index in [1.807, 2.05) is 0 Å². The van der Waals surface area contributed by atoms with Gasteiger partial charge in [-0.05, 0) is 86.4 Å². The predicted molar refractivity (Wildman–Crippen MR) is 81.6 cm³/mol. The molecule has 0 aromatic heterocycles. The number of sulfonamides is 1. The number of rotatable bonds is 3. The van der Waals surface area contributed by atoms with E-state index in [-0.39, 0.29) is 4.90 Å². The van der Waals surface area contributed by atoms with Gasteiger partial charge in [-0.3, -0.25) is 0 Å². The average molecular weight is 336 g/mol. The quantitative estimate of drug-likeness (QED) is 0.629. The highest BCUT2D eigenvalue weighted by Crippen LogP contribution is 2.60. The summed E-state index contributed by atoms with van der Waals surface area (Å²) in [6, 6.07) is 4.44. The highest BCUT2D eigenvalue weighted by molar-refractivity contribution is 7.90. The maximum absolute atomic E-state index is 12.9. The highest BCUT2D eigenvalue weighted by atomic mass is 32.2. The second-order valence-corrected chi connectivity index (χ2v) is 9.13. The third-order valence-corrected chi connectivity index (χ3v) is 7.08. The number of hydrogen-bond acceptors (Lipinski definition) is 3. The molecule has 6 heteroatoms. The summed E-state index contributed by atoms with van der Waals surface area (Å²) in [7, 11) is -4.06. The van der Waals surface area contributed by atoms with Gasteiger partial charge in [0.2, 0.25) is 0 Å². The van der Waals surface area contributed by atoms with Crippen LogP contribution in [-0.2, 0) is 10.0 Å². The summed E-state index contributed by atoms with van der Waals surface area (Å²) in [6.07, 6.45) is 5.87. The minimum Gasteiger partial charge on any atom is -0.861 e. The van der Waals surface area contributed by atoms with E-state index in [9.17, 15) is 17.9 Å². The lowest BCUT2D eigenvalue weighted by atomic mass is 9.49. The zero-order valence-corrected chi connectivity index (χ0v) is 13.6. The molecule has 4 bridgehead atoms. The Balaban J connectivity index is 1.67. The van der Waals surface area contributed by atoms with E-state index in [0.717, 1.165) is 43.5 Å². The van der Waals surface area contributed by atoms with Gasteiger partial charge in [0, 0.05) is 5.41 Å². The lowest BCUT2D eigenvalue weighted by Gasteiger charge is -2.58. The molecule has 5 rings (SSSR count). The molecule has 0 N–H and O–H groups in total. The Morgan fingerprint density at radius 1 is 1.04 bits per heavy atom. The predicted octanol–water partition coefficient (Wildman–Crippen LogP) is 2.49. The van der Waals surface area contributed by atoms with Crippen LogP contribution < -0.4 is 5.11 Å². The minimum atomic E-state index is -4.06. The summed E-state index contributed by atoms with van der Waals surface area (Å²) in [5.41, 5.74) is -0.568. The lowest BCUT2D eigenvalue weighted by Crippen LogP contribution is -2.53. The number of halogens is 1. The first-order valence-corrected chi connectivity index (χ1v) is 9.58. The Morgan fingerprint density at radius 2 is 1.52 bits per heavy atom. The second-order valence-electron chi connectivity index (χ2n) is 7.52. The van der Waals surface area contributed by atoms with Gasteiger partial charge in [0.25, 0.3) is 10.0 Å². The third kappa shape index (κ3) is 2.57. The van der Waals surface area contributed by atoms with Gasteiger partial charge in [0.15, 0.2) is 0 Å². The zero-order valence-electron chi connectivity index (χ0n) is 12.7. The molecule has 0 radical (unpaired) electrons. The van der Waals surface area contributed by atoms with E-state index in [1.54, 1.807) is 0 Å². The van der Waals surface area contributed by atoms with Crippen LogP contribution in [0, 0.1) is 29.0 Å². The van der Waals surface area contributed by atoms with Crippen LogP contribution in [0.1, 0.15) is 38.5 Å². The maximum atomic E-state index is 12.9. The second kappa shape index (κ2) is 5.03. The Morgan fingerprint density at radius 3 is 2.00 bits per heavy atom. The van der Waals surface area contributed by atoms with Crippen molar-refractivity contribution in [3.05, 3.63) is 30.1 Å². The van der Waals surface area contributed by atoms with E-state index in [2.05, 4.69) is 4.40 Å². The van der Waals surface area contributed by atoms with E-state index in [4.69, 9.17) is 0 Å². The van der Waals surface area contributed by atoms with Crippen LogP contribution in [-0.4, -0.2) is 14.3 Å². The molecule has 4 aliphatic carbocycles. The van der Waals surface area contributed by atoms with Crippen LogP contribution in [0.15, 0.2) is 33.6 Å². The SMILES string of the molecule is O=S(=O)(/N=C(\[O-])C12CC3CC(CC(C3)C1)C2)c1ccc(F)cc1. The van der Waals surface area contributed by atoms with Crippen molar-refractivity contribution in [1.29, 1.82) is 0 Å². The Hall–Kier alpha value is -1.43. The number of hydrogen-bond donors (Lipinski definition) is 0. The van der Waals surface area contributed by atoms with Gasteiger partial charge >= 0.3 is 0 Å². The minimum absolute atomic E-state index is 0.128. The van der Waals surface area contributed by atoms with E-state index >= 15 is 0 Å². The van der Waals surface area contributed by atoms with Crippen LogP contribution >= 0.6 is 0 Å². The van der Waals surface area contributed by atoms with Crippen molar-refractivity contribution in [2.45, 2.75) is 43.4 Å². The molecule has 4 nitrogen and oxygen atoms in total. The van der Waals surface area contributed by atoms with Gasteiger partial charge in [-0.15, -0.1) is 0 Å². The first kappa shape index (κ1) is 15.1. The van der Waals surface area contributed by atoms with Crippen LogP contribution in [0.4, 0.5) is 4.39 Å². The van der Waals surface area contributed by atoms with Gasteiger partial charge in [-0.25, -0.2) is 4.39 Å². The highest BCUT2D eigenvalue weighted by Gasteiger charge is 2.51. The molecule has 0 spiro atoms. The molecule has 0 heterocycles. The molecule has 4 saturated carbocycles. The van der Waals surface area contributed by atoms with Gasteiger partial charge in [0.1, 0.15) is 5.82 Å². The lowest BCUT2D eigenvalue weighted by molar-refractivity contribution is -0.241. The van der Waals surface area contributed by atoms with E-state index in [0.29, 0.717) is 17.8 Å². The third-order valence-electron chi connectivity index (χ3n) is 5.81. The number of nitrogens with zero attached hydrogens (tertiary/aromatic N) is 1. The van der Waals surface area contributed by atoms with Crippen molar-refractivity contribution in [2.24, 2.45) is 27.6 Å².